The van der Waals surface area contributed by atoms with Crippen molar-refractivity contribution in [3.8, 4) is 0 Å². The maximum absolute atomic E-state index is 12.8. The predicted molar refractivity (Wildman–Crippen MR) is 170 cm³/mol. The van der Waals surface area contributed by atoms with E-state index in [2.05, 4.69) is 86.6 Å². The first-order chi connectivity index (χ1) is 20.4. The molecule has 5 aromatic rings. The second kappa shape index (κ2) is 12.6. The maximum atomic E-state index is 12.8. The van der Waals surface area contributed by atoms with Crippen molar-refractivity contribution in [2.24, 2.45) is 0 Å². The van der Waals surface area contributed by atoms with Gasteiger partial charge in [0.05, 0.1) is 15.9 Å². The fourth-order valence-electron chi connectivity index (χ4n) is 4.01. The van der Waals surface area contributed by atoms with Crippen molar-refractivity contribution < 1.29 is 30.0 Å². The molecule has 0 aliphatic carbocycles. The topological polar surface area (TPSA) is 17.1 Å². The molecule has 1 nitrogen and oxygen atoms in total. The van der Waals surface area contributed by atoms with Gasteiger partial charge in [-0.1, -0.05) is 89.1 Å². The third kappa shape index (κ3) is 10.7. The van der Waals surface area contributed by atoms with Gasteiger partial charge in [-0.3, -0.25) is 4.79 Å². The number of halogens is 7. The van der Waals surface area contributed by atoms with Crippen LogP contribution in [0.5, 0.6) is 0 Å². The van der Waals surface area contributed by atoms with E-state index in [0.29, 0.717) is 16.1 Å². The number of carbonyl (C=O) groups is 1. The molecule has 5 aromatic carbocycles. The SMILES string of the molecule is Cc1ccc([S+](c2ccc(C)cc2)c2ccc(Sc3ccc(C(=O)c4ccccc4)cc3Cl)cc2)cc1.F[P-](F)(F)(F)(F)F. The number of hydrogen-bond acceptors (Lipinski definition) is 2. The van der Waals surface area contributed by atoms with E-state index in [1.807, 2.05) is 42.5 Å². The van der Waals surface area contributed by atoms with Crippen LogP contribution in [-0.2, 0) is 10.9 Å². The van der Waals surface area contributed by atoms with E-state index in [9.17, 15) is 30.0 Å². The summed E-state index contributed by atoms with van der Waals surface area (Å²) in [5.41, 5.74) is 3.77. The molecule has 230 valence electrons. The van der Waals surface area contributed by atoms with Gasteiger partial charge in [-0.05, 0) is 80.6 Å². The number of ketones is 1. The number of benzene rings is 5. The molecule has 0 unspecified atom stereocenters. The van der Waals surface area contributed by atoms with E-state index < -0.39 is 7.81 Å². The summed E-state index contributed by atoms with van der Waals surface area (Å²) < 4.78 is 59.2. The molecule has 0 atom stereocenters. The third-order valence-corrected chi connectivity index (χ3v) is 9.77. The second-order valence-electron chi connectivity index (χ2n) is 9.80. The molecule has 0 spiro atoms. The number of rotatable bonds is 7. The molecule has 0 saturated carbocycles. The van der Waals surface area contributed by atoms with E-state index in [1.165, 1.54) is 25.8 Å². The Balaban J connectivity index is 0.000000566. The van der Waals surface area contributed by atoms with E-state index in [4.69, 9.17) is 11.6 Å². The molecule has 5 rings (SSSR count). The summed E-state index contributed by atoms with van der Waals surface area (Å²) in [4.78, 5) is 18.7. The van der Waals surface area contributed by atoms with Gasteiger partial charge in [0, 0.05) is 20.9 Å². The second-order valence-corrected chi connectivity index (χ2v) is 15.3. The van der Waals surface area contributed by atoms with E-state index in [0.717, 1.165) is 9.79 Å². The van der Waals surface area contributed by atoms with Crippen molar-refractivity contribution in [1.82, 2.24) is 0 Å². The Labute approximate surface area is 263 Å². The molecule has 0 N–H and O–H groups in total. The molecule has 0 aromatic heterocycles. The van der Waals surface area contributed by atoms with Crippen LogP contribution in [0.3, 0.4) is 0 Å². The molecule has 0 radical (unpaired) electrons. The fraction of sp³-hybridized carbons (Fsp3) is 0.0606. The summed E-state index contributed by atoms with van der Waals surface area (Å²) in [6, 6.07) is 41.2. The van der Waals surface area contributed by atoms with Crippen molar-refractivity contribution in [3.63, 3.8) is 0 Å². The third-order valence-electron chi connectivity index (χ3n) is 6.03. The Morgan fingerprint density at radius 2 is 1.05 bits per heavy atom. The van der Waals surface area contributed by atoms with Crippen LogP contribution >= 0.6 is 31.2 Å². The summed E-state index contributed by atoms with van der Waals surface area (Å²) in [5, 5.41) is 0.579. The van der Waals surface area contributed by atoms with Crippen LogP contribution in [-0.4, -0.2) is 5.78 Å². The van der Waals surface area contributed by atoms with Crippen LogP contribution in [0.1, 0.15) is 27.0 Å². The molecule has 0 fully saturated rings. The Morgan fingerprint density at radius 1 is 0.614 bits per heavy atom. The molecule has 0 amide bonds. The number of aryl methyl sites for hydroxylation is 2. The fourth-order valence-corrected chi connectivity index (χ4v) is 7.16. The summed E-state index contributed by atoms with van der Waals surface area (Å²) in [6.45, 7) is 4.24. The van der Waals surface area contributed by atoms with Gasteiger partial charge >= 0.3 is 33.0 Å². The quantitative estimate of drug-likeness (QED) is 0.0735. The van der Waals surface area contributed by atoms with E-state index in [-0.39, 0.29) is 16.7 Å². The Kier molecular flexibility index (Phi) is 9.67. The summed E-state index contributed by atoms with van der Waals surface area (Å²) in [5.74, 6) is -0.0253. The molecule has 0 aliphatic rings. The van der Waals surface area contributed by atoms with E-state index in [1.54, 1.807) is 17.8 Å². The zero-order valence-corrected chi connectivity index (χ0v) is 26.6. The summed E-state index contributed by atoms with van der Waals surface area (Å²) in [6.07, 6.45) is 0. The minimum absolute atomic E-state index is 0.0253. The molecule has 0 heterocycles. The standard InChI is InChI=1S/C33H26ClOS2.F6P/c1-23-8-15-28(16-9-23)37(29-17-10-24(2)11-18-29)30-19-13-27(14-20-30)36-32-21-12-26(22-31(32)34)33(35)25-6-4-3-5-7-25;1-7(2,3,4,5)6/h3-22H,1-2H3;/q+1;-1. The molecule has 0 saturated heterocycles. The zero-order chi connectivity index (χ0) is 32.2. The van der Waals surface area contributed by atoms with Gasteiger partial charge in [0.15, 0.2) is 20.5 Å². The number of hydrogen-bond donors (Lipinski definition) is 0. The average Bonchev–Trinajstić information content (AvgIpc) is 2.95. The van der Waals surface area contributed by atoms with Crippen LogP contribution in [0.25, 0.3) is 0 Å². The first-order valence-electron chi connectivity index (χ1n) is 13.0. The normalized spacial score (nSPS) is 13.0. The molecule has 0 aliphatic heterocycles. The van der Waals surface area contributed by atoms with Gasteiger partial charge in [-0.15, -0.1) is 0 Å². The van der Waals surface area contributed by atoms with Crippen molar-refractivity contribution >= 4 is 47.8 Å². The van der Waals surface area contributed by atoms with Gasteiger partial charge in [0.25, 0.3) is 0 Å². The summed E-state index contributed by atoms with van der Waals surface area (Å²) >= 11 is 8.21. The van der Waals surface area contributed by atoms with Gasteiger partial charge in [-0.2, -0.15) is 0 Å². The predicted octanol–water partition coefficient (Wildman–Crippen LogP) is 12.8. The minimum atomic E-state index is -10.7. The van der Waals surface area contributed by atoms with Gasteiger partial charge in [0.2, 0.25) is 0 Å². The summed E-state index contributed by atoms with van der Waals surface area (Å²) in [7, 11) is -10.8. The molecule has 11 heteroatoms. The van der Waals surface area contributed by atoms with Gasteiger partial charge < -0.3 is 0 Å². The molecule has 44 heavy (non-hydrogen) atoms. The van der Waals surface area contributed by atoms with Crippen LogP contribution in [0.4, 0.5) is 25.2 Å². The van der Waals surface area contributed by atoms with Gasteiger partial charge in [0.1, 0.15) is 0 Å². The Hall–Kier alpha value is -3.23. The average molecular weight is 683 g/mol. The van der Waals surface area contributed by atoms with Crippen molar-refractivity contribution in [1.29, 1.82) is 0 Å². The van der Waals surface area contributed by atoms with Crippen molar-refractivity contribution in [2.45, 2.75) is 38.3 Å². The van der Waals surface area contributed by atoms with Crippen LogP contribution in [0.2, 0.25) is 5.02 Å². The number of carbonyl (C=O) groups excluding carboxylic acids is 1. The Morgan fingerprint density at radius 3 is 1.48 bits per heavy atom. The van der Waals surface area contributed by atoms with Gasteiger partial charge in [-0.25, -0.2) is 0 Å². The van der Waals surface area contributed by atoms with E-state index >= 15 is 0 Å². The first kappa shape index (κ1) is 33.7. The molecular formula is C33H26ClF6OPS2. The van der Waals surface area contributed by atoms with Crippen LogP contribution in [0, 0.1) is 13.8 Å². The van der Waals surface area contributed by atoms with Crippen molar-refractivity contribution in [2.75, 3.05) is 0 Å². The van der Waals surface area contributed by atoms with Crippen molar-refractivity contribution in [3.05, 3.63) is 149 Å². The Bertz CT molecular complexity index is 1690. The zero-order valence-electron chi connectivity index (χ0n) is 23.4. The van der Waals surface area contributed by atoms with Crippen LogP contribution < -0.4 is 0 Å². The van der Waals surface area contributed by atoms with Crippen LogP contribution in [0.15, 0.2) is 146 Å². The monoisotopic (exact) mass is 682 g/mol. The first-order valence-corrected chi connectivity index (χ1v) is 17.5. The molecular weight excluding hydrogens is 657 g/mol. The molecule has 0 bridgehead atoms.